The van der Waals surface area contributed by atoms with Gasteiger partial charge in [-0.2, -0.15) is 0 Å². The second-order valence-electron chi connectivity index (χ2n) is 6.66. The molecule has 0 unspecified atom stereocenters. The molecule has 10 nitrogen and oxygen atoms in total. The third-order valence-corrected chi connectivity index (χ3v) is 4.73. The van der Waals surface area contributed by atoms with Crippen molar-refractivity contribution in [1.82, 2.24) is 0 Å². The molecule has 0 amide bonds. The lowest BCUT2D eigenvalue weighted by Crippen LogP contribution is -2.60. The van der Waals surface area contributed by atoms with Crippen LogP contribution in [0, 0.1) is 4.91 Å². The van der Waals surface area contributed by atoms with E-state index in [1.54, 1.807) is 24.3 Å². The number of nitrogens with zero attached hydrogens (tertiary/aromatic N) is 1. The molecule has 0 aromatic heterocycles. The summed E-state index contributed by atoms with van der Waals surface area (Å²) in [7, 11) is 1.21. The summed E-state index contributed by atoms with van der Waals surface area (Å²) in [4.78, 5) is 23.0. The lowest BCUT2D eigenvalue weighted by molar-refractivity contribution is -0.277. The Bertz CT molecular complexity index is 917. The van der Waals surface area contributed by atoms with Crippen molar-refractivity contribution in [3.05, 3.63) is 52.9 Å². The van der Waals surface area contributed by atoms with E-state index in [-0.39, 0.29) is 17.0 Å². The van der Waals surface area contributed by atoms with Crippen LogP contribution in [0.1, 0.15) is 10.4 Å². The summed E-state index contributed by atoms with van der Waals surface area (Å²) in [6, 6.07) is 10.7. The van der Waals surface area contributed by atoms with Crippen molar-refractivity contribution in [3.8, 4) is 16.9 Å². The van der Waals surface area contributed by atoms with Gasteiger partial charge in [0.15, 0.2) is 0 Å². The molecule has 0 aliphatic carbocycles. The minimum atomic E-state index is -1.60. The molecule has 1 aliphatic rings. The standard InChI is InChI=1S/C20H21NO9/c1-28-19(26)11-6-10(7-12(8-11)21-27)13-4-2-3-5-14(13)29-20-18(25)17(24)16(23)15(9-22)30-20/h2-8,15-18,20,22-25H,9H2,1H3/t15-,16+,17+,18-,20-/m1/s1. The molecule has 1 heterocycles. The van der Waals surface area contributed by atoms with Gasteiger partial charge in [0.25, 0.3) is 0 Å². The average molecular weight is 419 g/mol. The minimum absolute atomic E-state index is 0.00413. The van der Waals surface area contributed by atoms with Gasteiger partial charge in [0, 0.05) is 5.56 Å². The smallest absolute Gasteiger partial charge is 0.337 e. The predicted octanol–water partition coefficient (Wildman–Crippen LogP) is 0.717. The Labute approximate surface area is 171 Å². The predicted molar refractivity (Wildman–Crippen MR) is 103 cm³/mol. The fourth-order valence-corrected chi connectivity index (χ4v) is 3.15. The van der Waals surface area contributed by atoms with E-state index in [2.05, 4.69) is 5.18 Å². The zero-order valence-corrected chi connectivity index (χ0v) is 15.9. The van der Waals surface area contributed by atoms with Gasteiger partial charge in [-0.05, 0) is 35.0 Å². The SMILES string of the molecule is COC(=O)c1cc(N=O)cc(-c2ccccc2O[C@@H]2O[C@H](CO)[C@H](O)[C@H](O)[C@H]2O)c1. The molecule has 10 heteroatoms. The van der Waals surface area contributed by atoms with Gasteiger partial charge in [0.2, 0.25) is 6.29 Å². The first-order chi connectivity index (χ1) is 14.4. The van der Waals surface area contributed by atoms with Crippen LogP contribution in [0.3, 0.4) is 0 Å². The molecule has 30 heavy (non-hydrogen) atoms. The topological polar surface area (TPSA) is 155 Å². The van der Waals surface area contributed by atoms with Gasteiger partial charge in [-0.15, -0.1) is 4.91 Å². The summed E-state index contributed by atoms with van der Waals surface area (Å²) < 4.78 is 15.8. The second-order valence-corrected chi connectivity index (χ2v) is 6.66. The third-order valence-electron chi connectivity index (χ3n) is 4.73. The van der Waals surface area contributed by atoms with Gasteiger partial charge in [0.1, 0.15) is 35.9 Å². The normalized spacial score (nSPS) is 26.1. The highest BCUT2D eigenvalue weighted by molar-refractivity contribution is 5.92. The number of aliphatic hydroxyl groups is 4. The zero-order chi connectivity index (χ0) is 21.8. The van der Waals surface area contributed by atoms with Gasteiger partial charge < -0.3 is 34.6 Å². The summed E-state index contributed by atoms with van der Waals surface area (Å²) in [6.45, 7) is -0.595. The van der Waals surface area contributed by atoms with Crippen LogP contribution in [-0.2, 0) is 9.47 Å². The Kier molecular flexibility index (Phi) is 6.75. The molecule has 4 N–H and O–H groups in total. The number of hydrogen-bond donors (Lipinski definition) is 4. The van der Waals surface area contributed by atoms with Crippen molar-refractivity contribution in [2.75, 3.05) is 13.7 Å². The number of carbonyl (C=O) groups excluding carboxylic acids is 1. The van der Waals surface area contributed by atoms with Crippen molar-refractivity contribution >= 4 is 11.7 Å². The Morgan fingerprint density at radius 1 is 1.10 bits per heavy atom. The van der Waals surface area contributed by atoms with Crippen LogP contribution in [-0.4, -0.2) is 70.8 Å². The van der Waals surface area contributed by atoms with Crippen molar-refractivity contribution in [2.45, 2.75) is 30.7 Å². The van der Waals surface area contributed by atoms with Crippen LogP contribution in [0.2, 0.25) is 0 Å². The van der Waals surface area contributed by atoms with E-state index in [4.69, 9.17) is 14.2 Å². The monoisotopic (exact) mass is 419 g/mol. The number of esters is 1. The highest BCUT2D eigenvalue weighted by atomic mass is 16.7. The Morgan fingerprint density at radius 2 is 1.83 bits per heavy atom. The highest BCUT2D eigenvalue weighted by Gasteiger charge is 2.44. The maximum atomic E-state index is 11.9. The molecule has 0 radical (unpaired) electrons. The van der Waals surface area contributed by atoms with Crippen molar-refractivity contribution in [2.24, 2.45) is 5.18 Å². The highest BCUT2D eigenvalue weighted by Crippen LogP contribution is 2.35. The van der Waals surface area contributed by atoms with E-state index in [9.17, 15) is 30.1 Å². The van der Waals surface area contributed by atoms with E-state index < -0.39 is 43.3 Å². The molecule has 0 saturated carbocycles. The van der Waals surface area contributed by atoms with Crippen LogP contribution < -0.4 is 4.74 Å². The molecule has 3 rings (SSSR count). The van der Waals surface area contributed by atoms with Gasteiger partial charge in [-0.3, -0.25) is 0 Å². The van der Waals surface area contributed by atoms with Crippen LogP contribution in [0.15, 0.2) is 47.6 Å². The van der Waals surface area contributed by atoms with E-state index in [1.165, 1.54) is 25.3 Å². The van der Waals surface area contributed by atoms with Gasteiger partial charge >= 0.3 is 5.97 Å². The largest absolute Gasteiger partial charge is 0.465 e. The summed E-state index contributed by atoms with van der Waals surface area (Å²) >= 11 is 0. The van der Waals surface area contributed by atoms with Gasteiger partial charge in [-0.1, -0.05) is 18.2 Å². The molecule has 1 aliphatic heterocycles. The number of hydrogen-bond acceptors (Lipinski definition) is 10. The molecule has 0 bridgehead atoms. The fraction of sp³-hybridized carbons (Fsp3) is 0.350. The maximum absolute atomic E-state index is 11.9. The molecule has 5 atom stereocenters. The van der Waals surface area contributed by atoms with Crippen LogP contribution in [0.5, 0.6) is 5.75 Å². The molecule has 160 valence electrons. The summed E-state index contributed by atoms with van der Waals surface area (Å²) in [6.07, 6.45) is -7.23. The van der Waals surface area contributed by atoms with Crippen molar-refractivity contribution in [3.63, 3.8) is 0 Å². The number of ether oxygens (including phenoxy) is 3. The molecule has 0 spiro atoms. The molecule has 1 saturated heterocycles. The molecular formula is C20H21NO9. The summed E-state index contributed by atoms with van der Waals surface area (Å²) in [5.74, 6) is -0.463. The Hall–Kier alpha value is -2.89. The lowest BCUT2D eigenvalue weighted by atomic mass is 9.99. The van der Waals surface area contributed by atoms with Crippen LogP contribution >= 0.6 is 0 Å². The molecule has 2 aromatic rings. The first-order valence-electron chi connectivity index (χ1n) is 9.03. The third kappa shape index (κ3) is 4.32. The maximum Gasteiger partial charge on any atom is 0.337 e. The van der Waals surface area contributed by atoms with E-state index in [0.717, 1.165) is 0 Å². The zero-order valence-electron chi connectivity index (χ0n) is 15.9. The van der Waals surface area contributed by atoms with E-state index in [1.807, 2.05) is 0 Å². The number of para-hydroxylation sites is 1. The Morgan fingerprint density at radius 3 is 2.50 bits per heavy atom. The molecule has 1 fully saturated rings. The second kappa shape index (κ2) is 9.28. The Balaban J connectivity index is 1.97. The van der Waals surface area contributed by atoms with E-state index >= 15 is 0 Å². The lowest BCUT2D eigenvalue weighted by Gasteiger charge is -2.39. The number of rotatable bonds is 6. The van der Waals surface area contributed by atoms with E-state index in [0.29, 0.717) is 11.1 Å². The van der Waals surface area contributed by atoms with Crippen LogP contribution in [0.4, 0.5) is 5.69 Å². The van der Waals surface area contributed by atoms with Gasteiger partial charge in [-0.25, -0.2) is 4.79 Å². The number of carbonyl (C=O) groups is 1. The van der Waals surface area contributed by atoms with Crippen molar-refractivity contribution in [1.29, 1.82) is 0 Å². The van der Waals surface area contributed by atoms with Gasteiger partial charge in [0.05, 0.1) is 19.3 Å². The number of nitroso groups, excluding NO2 is 1. The summed E-state index contributed by atoms with van der Waals surface area (Å²) in [5, 5.41) is 42.3. The molecular weight excluding hydrogens is 398 g/mol. The summed E-state index contributed by atoms with van der Waals surface area (Å²) in [5.41, 5.74) is 0.945. The average Bonchev–Trinajstić information content (AvgIpc) is 2.78. The van der Waals surface area contributed by atoms with Crippen molar-refractivity contribution < 1.29 is 39.4 Å². The molecule has 2 aromatic carbocycles. The first kappa shape index (κ1) is 21.8. The number of aliphatic hydroxyl groups excluding tert-OH is 4. The van der Waals surface area contributed by atoms with Crippen LogP contribution in [0.25, 0.3) is 11.1 Å². The number of benzene rings is 2. The quantitative estimate of drug-likeness (QED) is 0.391. The number of methoxy groups -OCH3 is 1. The fourth-order valence-electron chi connectivity index (χ4n) is 3.15. The first-order valence-corrected chi connectivity index (χ1v) is 9.03. The minimum Gasteiger partial charge on any atom is -0.465 e.